The molecule has 1 aromatic carbocycles. The van der Waals surface area contributed by atoms with Crippen molar-refractivity contribution >= 4 is 17.6 Å². The number of halogens is 1. The zero-order valence-corrected chi connectivity index (χ0v) is 11.7. The van der Waals surface area contributed by atoms with Crippen molar-refractivity contribution in [2.24, 2.45) is 4.99 Å². The van der Waals surface area contributed by atoms with Gasteiger partial charge in [0, 0.05) is 16.6 Å². The average Bonchev–Trinajstić information content (AvgIpc) is 3.05. The molecule has 0 radical (unpaired) electrons. The summed E-state index contributed by atoms with van der Waals surface area (Å²) in [5, 5.41) is 10.9. The van der Waals surface area contributed by atoms with Gasteiger partial charge in [0.2, 0.25) is 11.7 Å². The SMILES string of the molecule is CC1CN=C(NCc2nc(-c3cccc(Cl)c3)no2)N1. The molecule has 0 aliphatic carbocycles. The molecule has 1 unspecified atom stereocenters. The second kappa shape index (κ2) is 5.50. The Kier molecular flexibility index (Phi) is 3.56. The number of aromatic nitrogens is 2. The fourth-order valence-electron chi connectivity index (χ4n) is 1.89. The first-order valence-corrected chi connectivity index (χ1v) is 6.72. The third-order valence-corrected chi connectivity index (χ3v) is 3.10. The quantitative estimate of drug-likeness (QED) is 0.902. The number of hydrogen-bond donors (Lipinski definition) is 2. The topological polar surface area (TPSA) is 75.3 Å². The van der Waals surface area contributed by atoms with Gasteiger partial charge in [-0.15, -0.1) is 0 Å². The van der Waals surface area contributed by atoms with Crippen molar-refractivity contribution in [2.45, 2.75) is 19.5 Å². The summed E-state index contributed by atoms with van der Waals surface area (Å²) in [6.45, 7) is 3.29. The minimum Gasteiger partial charge on any atom is -0.352 e. The highest BCUT2D eigenvalue weighted by Crippen LogP contribution is 2.19. The van der Waals surface area contributed by atoms with Gasteiger partial charge in [-0.05, 0) is 19.1 Å². The van der Waals surface area contributed by atoms with Gasteiger partial charge < -0.3 is 15.2 Å². The van der Waals surface area contributed by atoms with Gasteiger partial charge in [-0.2, -0.15) is 4.98 Å². The minimum atomic E-state index is 0.363. The van der Waals surface area contributed by atoms with Crippen molar-refractivity contribution in [3.8, 4) is 11.4 Å². The molecule has 0 saturated heterocycles. The van der Waals surface area contributed by atoms with E-state index in [1.165, 1.54) is 0 Å². The van der Waals surface area contributed by atoms with Crippen LogP contribution in [0.2, 0.25) is 5.02 Å². The average molecular weight is 292 g/mol. The molecule has 3 rings (SSSR count). The maximum atomic E-state index is 5.94. The van der Waals surface area contributed by atoms with Crippen LogP contribution in [0.5, 0.6) is 0 Å². The standard InChI is InChI=1S/C13H14ClN5O/c1-8-6-15-13(17-8)16-7-11-18-12(19-20-11)9-3-2-4-10(14)5-9/h2-5,8H,6-7H2,1H3,(H2,15,16,17). The summed E-state index contributed by atoms with van der Waals surface area (Å²) >= 11 is 5.94. The Bertz CT molecular complexity index is 639. The van der Waals surface area contributed by atoms with Crippen LogP contribution in [0.15, 0.2) is 33.8 Å². The molecule has 20 heavy (non-hydrogen) atoms. The van der Waals surface area contributed by atoms with Crippen LogP contribution >= 0.6 is 11.6 Å². The van der Waals surface area contributed by atoms with E-state index < -0.39 is 0 Å². The Labute approximate surface area is 121 Å². The van der Waals surface area contributed by atoms with Crippen molar-refractivity contribution in [3.63, 3.8) is 0 Å². The van der Waals surface area contributed by atoms with Gasteiger partial charge in [0.25, 0.3) is 0 Å². The lowest BCUT2D eigenvalue weighted by molar-refractivity contribution is 0.375. The van der Waals surface area contributed by atoms with E-state index in [9.17, 15) is 0 Å². The summed E-state index contributed by atoms with van der Waals surface area (Å²) in [5.41, 5.74) is 0.831. The first-order chi connectivity index (χ1) is 9.70. The van der Waals surface area contributed by atoms with E-state index >= 15 is 0 Å². The van der Waals surface area contributed by atoms with E-state index in [1.54, 1.807) is 12.1 Å². The van der Waals surface area contributed by atoms with E-state index in [2.05, 4.69) is 32.7 Å². The molecule has 0 spiro atoms. The second-order valence-electron chi connectivity index (χ2n) is 4.61. The third kappa shape index (κ3) is 2.91. The van der Waals surface area contributed by atoms with Crippen molar-refractivity contribution in [3.05, 3.63) is 35.2 Å². The lowest BCUT2D eigenvalue weighted by Gasteiger charge is -2.05. The maximum absolute atomic E-state index is 5.94. The van der Waals surface area contributed by atoms with Crippen LogP contribution in [0.25, 0.3) is 11.4 Å². The van der Waals surface area contributed by atoms with Crippen LogP contribution in [0.4, 0.5) is 0 Å². The third-order valence-electron chi connectivity index (χ3n) is 2.86. The Balaban J connectivity index is 1.65. The van der Waals surface area contributed by atoms with Crippen LogP contribution in [0, 0.1) is 0 Å². The maximum Gasteiger partial charge on any atom is 0.246 e. The van der Waals surface area contributed by atoms with Crippen molar-refractivity contribution in [1.82, 2.24) is 20.8 Å². The van der Waals surface area contributed by atoms with Crippen molar-refractivity contribution in [2.75, 3.05) is 6.54 Å². The van der Waals surface area contributed by atoms with E-state index in [0.717, 1.165) is 18.1 Å². The van der Waals surface area contributed by atoms with Gasteiger partial charge >= 0.3 is 0 Å². The van der Waals surface area contributed by atoms with Crippen molar-refractivity contribution < 1.29 is 4.52 Å². The fraction of sp³-hybridized carbons (Fsp3) is 0.308. The molecule has 1 aromatic heterocycles. The number of guanidine groups is 1. The zero-order valence-electron chi connectivity index (χ0n) is 10.9. The number of aliphatic imine (C=N–C) groups is 1. The summed E-state index contributed by atoms with van der Waals surface area (Å²) in [5.74, 6) is 1.79. The highest BCUT2D eigenvalue weighted by molar-refractivity contribution is 6.30. The van der Waals surface area contributed by atoms with Crippen LogP contribution in [0.3, 0.4) is 0 Å². The molecule has 2 N–H and O–H groups in total. The Hall–Kier alpha value is -2.08. The lowest BCUT2D eigenvalue weighted by Crippen LogP contribution is -2.37. The summed E-state index contributed by atoms with van der Waals surface area (Å²) in [4.78, 5) is 8.62. The molecule has 7 heteroatoms. The summed E-state index contributed by atoms with van der Waals surface area (Å²) in [6, 6.07) is 7.71. The summed E-state index contributed by atoms with van der Waals surface area (Å²) in [6.07, 6.45) is 0. The molecule has 2 aromatic rings. The number of hydrogen-bond acceptors (Lipinski definition) is 6. The van der Waals surface area contributed by atoms with Crippen LogP contribution in [-0.4, -0.2) is 28.7 Å². The van der Waals surface area contributed by atoms with Crippen molar-refractivity contribution in [1.29, 1.82) is 0 Å². The molecule has 1 atom stereocenters. The first-order valence-electron chi connectivity index (χ1n) is 6.34. The number of benzene rings is 1. The predicted octanol–water partition coefficient (Wildman–Crippen LogP) is 1.83. The van der Waals surface area contributed by atoms with Crippen LogP contribution < -0.4 is 10.6 Å². The molecule has 0 saturated carbocycles. The number of nitrogens with one attached hydrogen (secondary N) is 2. The summed E-state index contributed by atoms with van der Waals surface area (Å²) < 4.78 is 5.20. The molecule has 0 bridgehead atoms. The summed E-state index contributed by atoms with van der Waals surface area (Å²) in [7, 11) is 0. The van der Waals surface area contributed by atoms with Gasteiger partial charge in [-0.1, -0.05) is 28.9 Å². The van der Waals surface area contributed by atoms with Crippen LogP contribution in [0.1, 0.15) is 12.8 Å². The predicted molar refractivity (Wildman–Crippen MR) is 76.5 cm³/mol. The number of nitrogens with zero attached hydrogens (tertiary/aromatic N) is 3. The monoisotopic (exact) mass is 291 g/mol. The molecule has 0 amide bonds. The van der Waals surface area contributed by atoms with Gasteiger partial charge in [-0.3, -0.25) is 4.99 Å². The zero-order chi connectivity index (χ0) is 13.9. The molecular formula is C13H14ClN5O. The van der Waals surface area contributed by atoms with E-state index in [1.807, 2.05) is 12.1 Å². The second-order valence-corrected chi connectivity index (χ2v) is 5.05. The largest absolute Gasteiger partial charge is 0.352 e. The Morgan fingerprint density at radius 3 is 3.15 bits per heavy atom. The van der Waals surface area contributed by atoms with Gasteiger partial charge in [0.05, 0.1) is 13.1 Å². The molecule has 104 valence electrons. The molecule has 2 heterocycles. The number of rotatable bonds is 3. The molecular weight excluding hydrogens is 278 g/mol. The van der Waals surface area contributed by atoms with Gasteiger partial charge in [0.15, 0.2) is 5.96 Å². The first kappa shape index (κ1) is 12.9. The molecule has 6 nitrogen and oxygen atoms in total. The van der Waals surface area contributed by atoms with Gasteiger partial charge in [0.1, 0.15) is 0 Å². The minimum absolute atomic E-state index is 0.363. The van der Waals surface area contributed by atoms with E-state index in [4.69, 9.17) is 16.1 Å². The van der Waals surface area contributed by atoms with E-state index in [0.29, 0.717) is 29.3 Å². The highest BCUT2D eigenvalue weighted by Gasteiger charge is 2.14. The van der Waals surface area contributed by atoms with Gasteiger partial charge in [-0.25, -0.2) is 0 Å². The molecule has 0 fully saturated rings. The highest BCUT2D eigenvalue weighted by atomic mass is 35.5. The normalized spacial score (nSPS) is 17.7. The molecule has 1 aliphatic rings. The Morgan fingerprint density at radius 1 is 1.50 bits per heavy atom. The Morgan fingerprint density at radius 2 is 2.40 bits per heavy atom. The molecule has 1 aliphatic heterocycles. The fourth-order valence-corrected chi connectivity index (χ4v) is 2.08. The lowest BCUT2D eigenvalue weighted by atomic mass is 10.2. The van der Waals surface area contributed by atoms with E-state index in [-0.39, 0.29) is 0 Å². The van der Waals surface area contributed by atoms with Crippen LogP contribution in [-0.2, 0) is 6.54 Å². The smallest absolute Gasteiger partial charge is 0.246 e.